The Labute approximate surface area is 125 Å². The molecule has 4 nitrogen and oxygen atoms in total. The maximum Gasteiger partial charge on any atom is 0.188 e. The van der Waals surface area contributed by atoms with E-state index in [4.69, 9.17) is 5.73 Å². The zero-order chi connectivity index (χ0) is 15.0. The van der Waals surface area contributed by atoms with Crippen LogP contribution in [0.15, 0.2) is 4.99 Å². The summed E-state index contributed by atoms with van der Waals surface area (Å²) in [4.78, 5) is 6.94. The molecule has 0 radical (unpaired) electrons. The summed E-state index contributed by atoms with van der Waals surface area (Å²) in [5.41, 5.74) is 6.01. The molecule has 0 heterocycles. The lowest BCUT2D eigenvalue weighted by atomic mass is 10.1. The van der Waals surface area contributed by atoms with E-state index < -0.39 is 0 Å². The number of nitrogens with one attached hydrogen (secondary N) is 1. The number of hydrogen-bond acceptors (Lipinski definition) is 2. The largest absolute Gasteiger partial charge is 0.370 e. The number of rotatable bonds is 6. The molecule has 0 amide bonds. The third-order valence-corrected chi connectivity index (χ3v) is 4.17. The van der Waals surface area contributed by atoms with Gasteiger partial charge in [0.05, 0.1) is 6.54 Å². The highest BCUT2D eigenvalue weighted by atomic mass is 15.2. The van der Waals surface area contributed by atoms with Crippen LogP contribution in [0.3, 0.4) is 0 Å². The van der Waals surface area contributed by atoms with E-state index in [9.17, 15) is 0 Å². The summed E-state index contributed by atoms with van der Waals surface area (Å²) >= 11 is 0. The molecular formula is C16H34N4. The van der Waals surface area contributed by atoms with Crippen LogP contribution in [0.5, 0.6) is 0 Å². The maximum absolute atomic E-state index is 6.01. The van der Waals surface area contributed by atoms with Crippen molar-refractivity contribution in [3.05, 3.63) is 0 Å². The summed E-state index contributed by atoms with van der Waals surface area (Å²) < 4.78 is 0. The van der Waals surface area contributed by atoms with Gasteiger partial charge in [0, 0.05) is 24.7 Å². The van der Waals surface area contributed by atoms with Gasteiger partial charge >= 0.3 is 0 Å². The van der Waals surface area contributed by atoms with Crippen LogP contribution in [0.4, 0.5) is 0 Å². The predicted octanol–water partition coefficient (Wildman–Crippen LogP) is 2.73. The van der Waals surface area contributed by atoms with Gasteiger partial charge in [0.15, 0.2) is 5.96 Å². The van der Waals surface area contributed by atoms with Crippen molar-refractivity contribution >= 4 is 5.96 Å². The summed E-state index contributed by atoms with van der Waals surface area (Å²) in [6.45, 7) is 10.7. The Morgan fingerprint density at radius 1 is 1.10 bits per heavy atom. The molecule has 3 N–H and O–H groups in total. The Morgan fingerprint density at radius 2 is 1.65 bits per heavy atom. The molecule has 1 aliphatic carbocycles. The minimum Gasteiger partial charge on any atom is -0.370 e. The van der Waals surface area contributed by atoms with Crippen molar-refractivity contribution in [2.24, 2.45) is 10.7 Å². The fourth-order valence-corrected chi connectivity index (χ4v) is 3.08. The van der Waals surface area contributed by atoms with Crippen LogP contribution in [-0.2, 0) is 0 Å². The smallest absolute Gasteiger partial charge is 0.188 e. The minimum absolute atomic E-state index is 0.535. The van der Waals surface area contributed by atoms with E-state index in [2.05, 4.69) is 42.9 Å². The maximum atomic E-state index is 6.01. The lowest BCUT2D eigenvalue weighted by molar-refractivity contribution is 0.181. The van der Waals surface area contributed by atoms with E-state index in [0.29, 0.717) is 24.1 Å². The normalized spacial score (nSPS) is 18.9. The monoisotopic (exact) mass is 282 g/mol. The average molecular weight is 282 g/mol. The van der Waals surface area contributed by atoms with Crippen LogP contribution in [0, 0.1) is 0 Å². The molecule has 0 aromatic carbocycles. The predicted molar refractivity (Wildman–Crippen MR) is 88.1 cm³/mol. The molecule has 1 saturated carbocycles. The van der Waals surface area contributed by atoms with Crippen molar-refractivity contribution in [1.29, 1.82) is 0 Å². The van der Waals surface area contributed by atoms with Gasteiger partial charge in [-0.25, -0.2) is 0 Å². The van der Waals surface area contributed by atoms with E-state index in [-0.39, 0.29) is 0 Å². The highest BCUT2D eigenvalue weighted by molar-refractivity contribution is 5.78. The van der Waals surface area contributed by atoms with Crippen molar-refractivity contribution in [3.63, 3.8) is 0 Å². The summed E-state index contributed by atoms with van der Waals surface area (Å²) in [5, 5.41) is 3.40. The van der Waals surface area contributed by atoms with Crippen LogP contribution in [0.2, 0.25) is 0 Å². The number of nitrogens with two attached hydrogens (primary N) is 1. The van der Waals surface area contributed by atoms with Crippen LogP contribution in [0.25, 0.3) is 0 Å². The second kappa shape index (κ2) is 9.22. The molecule has 0 unspecified atom stereocenters. The first-order valence-corrected chi connectivity index (χ1v) is 8.33. The van der Waals surface area contributed by atoms with Crippen molar-refractivity contribution in [3.8, 4) is 0 Å². The van der Waals surface area contributed by atoms with Gasteiger partial charge in [-0.05, 0) is 40.5 Å². The van der Waals surface area contributed by atoms with Crippen LogP contribution >= 0.6 is 0 Å². The minimum atomic E-state index is 0.535. The summed E-state index contributed by atoms with van der Waals surface area (Å²) in [7, 11) is 0. The van der Waals surface area contributed by atoms with E-state index in [1.54, 1.807) is 0 Å². The molecule has 0 aliphatic heterocycles. The van der Waals surface area contributed by atoms with E-state index >= 15 is 0 Å². The van der Waals surface area contributed by atoms with Gasteiger partial charge in [-0.15, -0.1) is 0 Å². The lowest BCUT2D eigenvalue weighted by Crippen LogP contribution is -2.41. The van der Waals surface area contributed by atoms with E-state index in [1.807, 2.05) is 0 Å². The van der Waals surface area contributed by atoms with Gasteiger partial charge in [0.25, 0.3) is 0 Å². The molecule has 0 saturated heterocycles. The first-order valence-electron chi connectivity index (χ1n) is 8.33. The van der Waals surface area contributed by atoms with Crippen molar-refractivity contribution in [2.45, 2.75) is 84.3 Å². The number of aliphatic imine (C=N–C) groups is 1. The molecule has 1 fully saturated rings. The molecule has 20 heavy (non-hydrogen) atoms. The molecule has 0 bridgehead atoms. The van der Waals surface area contributed by atoms with E-state index in [1.165, 1.54) is 38.5 Å². The molecule has 0 aromatic rings. The molecule has 4 heteroatoms. The third kappa shape index (κ3) is 6.60. The average Bonchev–Trinajstić information content (AvgIpc) is 2.62. The van der Waals surface area contributed by atoms with Crippen molar-refractivity contribution in [2.75, 3.05) is 13.1 Å². The Kier molecular flexibility index (Phi) is 7.97. The van der Waals surface area contributed by atoms with E-state index in [0.717, 1.165) is 13.1 Å². The zero-order valence-corrected chi connectivity index (χ0v) is 13.9. The van der Waals surface area contributed by atoms with Gasteiger partial charge < -0.3 is 11.1 Å². The number of hydrogen-bond donors (Lipinski definition) is 2. The fraction of sp³-hybridized carbons (Fsp3) is 0.938. The zero-order valence-electron chi connectivity index (χ0n) is 13.9. The highest BCUT2D eigenvalue weighted by Gasteiger charge is 2.14. The van der Waals surface area contributed by atoms with Crippen LogP contribution < -0.4 is 11.1 Å². The first-order chi connectivity index (χ1) is 9.50. The SMILES string of the molecule is CC(C)N(CCN=C(N)NC1CCCCCC1)C(C)C. The summed E-state index contributed by atoms with van der Waals surface area (Å²) in [6, 6.07) is 1.65. The Bertz CT molecular complexity index is 270. The molecule has 0 atom stereocenters. The molecule has 0 aromatic heterocycles. The van der Waals surface area contributed by atoms with Crippen LogP contribution in [0.1, 0.15) is 66.2 Å². The number of guanidine groups is 1. The quantitative estimate of drug-likeness (QED) is 0.447. The lowest BCUT2D eigenvalue weighted by Gasteiger charge is -2.29. The van der Waals surface area contributed by atoms with Crippen LogP contribution in [-0.4, -0.2) is 42.1 Å². The fourth-order valence-electron chi connectivity index (χ4n) is 3.08. The highest BCUT2D eigenvalue weighted by Crippen LogP contribution is 2.16. The molecule has 0 spiro atoms. The van der Waals surface area contributed by atoms with Gasteiger partial charge in [-0.1, -0.05) is 25.7 Å². The summed E-state index contributed by atoms with van der Waals surface area (Å²) in [5.74, 6) is 0.629. The van der Waals surface area contributed by atoms with Gasteiger partial charge in [0.1, 0.15) is 0 Å². The molecule has 118 valence electrons. The first kappa shape index (κ1) is 17.3. The number of nitrogens with zero attached hydrogens (tertiary/aromatic N) is 2. The molecule has 1 rings (SSSR count). The molecule has 1 aliphatic rings. The Balaban J connectivity index is 2.33. The summed E-state index contributed by atoms with van der Waals surface area (Å²) in [6.07, 6.45) is 7.85. The second-order valence-electron chi connectivity index (χ2n) is 6.53. The van der Waals surface area contributed by atoms with Crippen molar-refractivity contribution in [1.82, 2.24) is 10.2 Å². The van der Waals surface area contributed by atoms with Gasteiger partial charge in [-0.2, -0.15) is 0 Å². The van der Waals surface area contributed by atoms with Crippen molar-refractivity contribution < 1.29 is 0 Å². The third-order valence-electron chi connectivity index (χ3n) is 4.17. The Hall–Kier alpha value is -0.770. The standard InChI is InChI=1S/C16H34N4/c1-13(2)20(14(3)4)12-11-18-16(17)19-15-9-7-5-6-8-10-15/h13-15H,5-12H2,1-4H3,(H3,17,18,19). The Morgan fingerprint density at radius 3 is 2.15 bits per heavy atom. The van der Waals surface area contributed by atoms with Gasteiger partial charge in [0.2, 0.25) is 0 Å². The molecular weight excluding hydrogens is 248 g/mol. The second-order valence-corrected chi connectivity index (χ2v) is 6.53. The van der Waals surface area contributed by atoms with Gasteiger partial charge in [-0.3, -0.25) is 9.89 Å². The topological polar surface area (TPSA) is 53.6 Å².